The van der Waals surface area contributed by atoms with Gasteiger partial charge in [-0.25, -0.2) is 8.42 Å². The highest BCUT2D eigenvalue weighted by Gasteiger charge is 2.36. The molecule has 4 nitrogen and oxygen atoms in total. The van der Waals surface area contributed by atoms with Crippen molar-refractivity contribution in [3.8, 4) is 0 Å². The number of nitrogens with zero attached hydrogens (tertiary/aromatic N) is 1. The molecule has 0 aromatic carbocycles. The molecule has 0 saturated carbocycles. The minimum atomic E-state index is -2.86. The summed E-state index contributed by atoms with van der Waals surface area (Å²) in [5.41, 5.74) is -0.600. The Bertz CT molecular complexity index is 250. The molecule has 1 fully saturated rings. The average molecular weight is 193 g/mol. The molecule has 0 aliphatic carbocycles. The molecule has 1 heterocycles. The maximum Gasteiger partial charge on any atom is 0.148 e. The molecule has 0 spiro atoms. The van der Waals surface area contributed by atoms with Gasteiger partial charge in [0, 0.05) is 25.9 Å². The van der Waals surface area contributed by atoms with E-state index in [0.717, 1.165) is 0 Å². The molecule has 72 valence electrons. The SMILES string of the molecule is CC1(O)CN(CCS(C)(=O)=O)C1. The molecule has 0 aromatic heterocycles. The smallest absolute Gasteiger partial charge is 0.148 e. The lowest BCUT2D eigenvalue weighted by molar-refractivity contribution is -0.0802. The van der Waals surface area contributed by atoms with E-state index in [4.69, 9.17) is 0 Å². The first-order chi connectivity index (χ1) is 5.29. The van der Waals surface area contributed by atoms with Crippen LogP contribution in [0.5, 0.6) is 0 Å². The Balaban J connectivity index is 2.21. The van der Waals surface area contributed by atoms with Crippen molar-refractivity contribution in [1.29, 1.82) is 0 Å². The summed E-state index contributed by atoms with van der Waals surface area (Å²) in [6, 6.07) is 0. The van der Waals surface area contributed by atoms with Gasteiger partial charge in [0.1, 0.15) is 9.84 Å². The van der Waals surface area contributed by atoms with E-state index < -0.39 is 15.4 Å². The number of rotatable bonds is 3. The quantitative estimate of drug-likeness (QED) is 0.631. The van der Waals surface area contributed by atoms with Gasteiger partial charge in [0.25, 0.3) is 0 Å². The minimum absolute atomic E-state index is 0.184. The van der Waals surface area contributed by atoms with Crippen LogP contribution >= 0.6 is 0 Å². The largest absolute Gasteiger partial charge is 0.388 e. The summed E-state index contributed by atoms with van der Waals surface area (Å²) in [6.45, 7) is 3.46. The number of aliphatic hydroxyl groups is 1. The Morgan fingerprint density at radius 2 is 2.00 bits per heavy atom. The van der Waals surface area contributed by atoms with Crippen molar-refractivity contribution in [3.05, 3.63) is 0 Å². The molecule has 0 atom stereocenters. The molecule has 1 aliphatic heterocycles. The van der Waals surface area contributed by atoms with Gasteiger partial charge < -0.3 is 5.11 Å². The Morgan fingerprint density at radius 1 is 1.50 bits per heavy atom. The van der Waals surface area contributed by atoms with Gasteiger partial charge in [0.15, 0.2) is 0 Å². The Morgan fingerprint density at radius 3 is 2.33 bits per heavy atom. The topological polar surface area (TPSA) is 57.6 Å². The molecule has 1 aliphatic rings. The van der Waals surface area contributed by atoms with Gasteiger partial charge in [0.2, 0.25) is 0 Å². The molecule has 0 unspecified atom stereocenters. The molecule has 1 rings (SSSR count). The van der Waals surface area contributed by atoms with Gasteiger partial charge in [-0.15, -0.1) is 0 Å². The molecule has 1 saturated heterocycles. The number of hydrogen-bond acceptors (Lipinski definition) is 4. The van der Waals surface area contributed by atoms with Crippen LogP contribution < -0.4 is 0 Å². The third kappa shape index (κ3) is 3.08. The van der Waals surface area contributed by atoms with E-state index in [2.05, 4.69) is 0 Å². The predicted octanol–water partition coefficient (Wildman–Crippen LogP) is -0.902. The molecule has 0 bridgehead atoms. The fourth-order valence-corrected chi connectivity index (χ4v) is 1.96. The second kappa shape index (κ2) is 2.97. The monoisotopic (exact) mass is 193 g/mol. The summed E-state index contributed by atoms with van der Waals surface area (Å²) in [5.74, 6) is 0.184. The molecule has 12 heavy (non-hydrogen) atoms. The zero-order chi connectivity index (χ0) is 9.41. The first-order valence-corrected chi connectivity index (χ1v) is 5.97. The highest BCUT2D eigenvalue weighted by molar-refractivity contribution is 7.90. The minimum Gasteiger partial charge on any atom is -0.388 e. The lowest BCUT2D eigenvalue weighted by atomic mass is 9.97. The van der Waals surface area contributed by atoms with Gasteiger partial charge in [-0.1, -0.05) is 0 Å². The average Bonchev–Trinajstić information content (AvgIpc) is 1.76. The van der Waals surface area contributed by atoms with Crippen LogP contribution in [0.4, 0.5) is 0 Å². The van der Waals surface area contributed by atoms with Crippen LogP contribution in [-0.4, -0.2) is 55.7 Å². The zero-order valence-corrected chi connectivity index (χ0v) is 8.26. The molecule has 5 heteroatoms. The van der Waals surface area contributed by atoms with Crippen molar-refractivity contribution in [3.63, 3.8) is 0 Å². The first-order valence-electron chi connectivity index (χ1n) is 3.91. The molecule has 0 radical (unpaired) electrons. The van der Waals surface area contributed by atoms with Crippen molar-refractivity contribution in [1.82, 2.24) is 4.90 Å². The summed E-state index contributed by atoms with van der Waals surface area (Å²) in [5, 5.41) is 9.32. The van der Waals surface area contributed by atoms with E-state index in [-0.39, 0.29) is 5.75 Å². The van der Waals surface area contributed by atoms with E-state index in [0.29, 0.717) is 19.6 Å². The molecule has 1 N–H and O–H groups in total. The lowest BCUT2D eigenvalue weighted by Gasteiger charge is -2.44. The van der Waals surface area contributed by atoms with Crippen molar-refractivity contribution < 1.29 is 13.5 Å². The second-order valence-corrected chi connectivity index (χ2v) is 6.10. The Kier molecular flexibility index (Phi) is 2.47. The normalized spacial score (nSPS) is 23.6. The summed E-state index contributed by atoms with van der Waals surface area (Å²) >= 11 is 0. The van der Waals surface area contributed by atoms with Gasteiger partial charge in [-0.05, 0) is 6.92 Å². The van der Waals surface area contributed by atoms with Crippen LogP contribution in [0.1, 0.15) is 6.92 Å². The van der Waals surface area contributed by atoms with E-state index in [1.54, 1.807) is 6.92 Å². The van der Waals surface area contributed by atoms with Crippen molar-refractivity contribution in [2.24, 2.45) is 0 Å². The van der Waals surface area contributed by atoms with Crippen LogP contribution in [0.2, 0.25) is 0 Å². The lowest BCUT2D eigenvalue weighted by Crippen LogP contribution is -2.60. The fraction of sp³-hybridized carbons (Fsp3) is 1.00. The van der Waals surface area contributed by atoms with E-state index in [1.807, 2.05) is 4.90 Å². The van der Waals surface area contributed by atoms with Crippen LogP contribution in [-0.2, 0) is 9.84 Å². The molecular formula is C7H15NO3S. The maximum absolute atomic E-state index is 10.7. The second-order valence-electron chi connectivity index (χ2n) is 3.84. The van der Waals surface area contributed by atoms with Crippen LogP contribution in [0, 0.1) is 0 Å². The zero-order valence-electron chi connectivity index (χ0n) is 7.45. The molecule has 0 amide bonds. The van der Waals surface area contributed by atoms with E-state index in [1.165, 1.54) is 6.26 Å². The summed E-state index contributed by atoms with van der Waals surface area (Å²) in [7, 11) is -2.86. The molecule has 0 aromatic rings. The first kappa shape index (κ1) is 9.95. The third-order valence-electron chi connectivity index (χ3n) is 1.91. The standard InChI is InChI=1S/C7H15NO3S/c1-7(9)5-8(6-7)3-4-12(2,10)11/h9H,3-6H2,1-2H3. The van der Waals surface area contributed by atoms with Crippen molar-refractivity contribution in [2.45, 2.75) is 12.5 Å². The summed E-state index contributed by atoms with van der Waals surface area (Å²) in [6.07, 6.45) is 1.23. The van der Waals surface area contributed by atoms with Gasteiger partial charge in [-0.2, -0.15) is 0 Å². The van der Waals surface area contributed by atoms with Gasteiger partial charge >= 0.3 is 0 Å². The number of hydrogen-bond donors (Lipinski definition) is 1. The third-order valence-corrected chi connectivity index (χ3v) is 2.83. The van der Waals surface area contributed by atoms with Crippen molar-refractivity contribution in [2.75, 3.05) is 31.6 Å². The molecular weight excluding hydrogens is 178 g/mol. The number of sulfone groups is 1. The summed E-state index contributed by atoms with van der Waals surface area (Å²) in [4.78, 5) is 1.93. The Hall–Kier alpha value is -0.130. The van der Waals surface area contributed by atoms with Crippen LogP contribution in [0.3, 0.4) is 0 Å². The van der Waals surface area contributed by atoms with Crippen LogP contribution in [0.25, 0.3) is 0 Å². The number of likely N-dealkylation sites (tertiary alicyclic amines) is 1. The maximum atomic E-state index is 10.7. The predicted molar refractivity (Wildman–Crippen MR) is 46.8 cm³/mol. The fourth-order valence-electron chi connectivity index (χ4n) is 1.37. The summed E-state index contributed by atoms with van der Waals surface area (Å²) < 4.78 is 21.5. The highest BCUT2D eigenvalue weighted by atomic mass is 32.2. The van der Waals surface area contributed by atoms with Gasteiger partial charge in [-0.3, -0.25) is 4.90 Å². The van der Waals surface area contributed by atoms with Crippen molar-refractivity contribution >= 4 is 9.84 Å². The van der Waals surface area contributed by atoms with Crippen LogP contribution in [0.15, 0.2) is 0 Å². The van der Waals surface area contributed by atoms with E-state index >= 15 is 0 Å². The highest BCUT2D eigenvalue weighted by Crippen LogP contribution is 2.18. The van der Waals surface area contributed by atoms with Gasteiger partial charge in [0.05, 0.1) is 11.4 Å². The van der Waals surface area contributed by atoms with E-state index in [9.17, 15) is 13.5 Å². The number of β-amino-alcohol motifs (C(OH)–C–C–N with tert-alkyl or cyclic N) is 1. The Labute approximate surface area is 73.1 Å².